The topological polar surface area (TPSA) is 102 Å². The lowest BCUT2D eigenvalue weighted by Crippen LogP contribution is -2.32. The Morgan fingerprint density at radius 1 is 1.24 bits per heavy atom. The van der Waals surface area contributed by atoms with Crippen LogP contribution in [0.15, 0.2) is 61.2 Å². The van der Waals surface area contributed by atoms with Crippen molar-refractivity contribution in [3.8, 4) is 5.75 Å². The largest absolute Gasteiger partial charge is 0.489 e. The molecule has 150 valence electrons. The van der Waals surface area contributed by atoms with E-state index in [4.69, 9.17) is 4.74 Å². The van der Waals surface area contributed by atoms with Gasteiger partial charge in [-0.2, -0.15) is 0 Å². The lowest BCUT2D eigenvalue weighted by molar-refractivity contribution is -0.384. The highest BCUT2D eigenvalue weighted by Gasteiger charge is 2.34. The zero-order valence-electron chi connectivity index (χ0n) is 15.7. The lowest BCUT2D eigenvalue weighted by Gasteiger charge is -2.17. The fourth-order valence-corrected chi connectivity index (χ4v) is 3.05. The second-order valence-electron chi connectivity index (χ2n) is 6.65. The van der Waals surface area contributed by atoms with E-state index in [1.807, 2.05) is 0 Å². The van der Waals surface area contributed by atoms with Gasteiger partial charge in [0, 0.05) is 37.3 Å². The Balaban J connectivity index is 1.57. The molecule has 1 aliphatic heterocycles. The summed E-state index contributed by atoms with van der Waals surface area (Å²) in [5.74, 6) is -0.00774. The highest BCUT2D eigenvalue weighted by Crippen LogP contribution is 2.27. The summed E-state index contributed by atoms with van der Waals surface area (Å²) in [6.07, 6.45) is 1.78. The number of rotatable bonds is 8. The van der Waals surface area contributed by atoms with Gasteiger partial charge >= 0.3 is 0 Å². The molecule has 3 rings (SSSR count). The molecule has 2 aromatic rings. The van der Waals surface area contributed by atoms with E-state index in [1.165, 1.54) is 12.1 Å². The van der Waals surface area contributed by atoms with E-state index >= 15 is 0 Å². The van der Waals surface area contributed by atoms with Gasteiger partial charge in [0.15, 0.2) is 0 Å². The molecule has 0 aliphatic carbocycles. The Morgan fingerprint density at radius 3 is 2.55 bits per heavy atom. The molecule has 2 aromatic carbocycles. The van der Waals surface area contributed by atoms with Crippen LogP contribution in [0.5, 0.6) is 5.75 Å². The maximum atomic E-state index is 12.3. The van der Waals surface area contributed by atoms with Crippen molar-refractivity contribution in [3.05, 3.63) is 76.9 Å². The predicted octanol–water partition coefficient (Wildman–Crippen LogP) is 2.83. The van der Waals surface area contributed by atoms with Crippen molar-refractivity contribution in [1.82, 2.24) is 5.32 Å². The highest BCUT2D eigenvalue weighted by atomic mass is 16.6. The van der Waals surface area contributed by atoms with E-state index in [9.17, 15) is 19.7 Å². The number of hydrogen-bond donors (Lipinski definition) is 1. The molecule has 8 heteroatoms. The first-order valence-electron chi connectivity index (χ1n) is 9.13. The molecule has 1 fully saturated rings. The van der Waals surface area contributed by atoms with E-state index < -0.39 is 4.92 Å². The zero-order valence-corrected chi connectivity index (χ0v) is 15.7. The molecule has 1 atom stereocenters. The predicted molar refractivity (Wildman–Crippen MR) is 108 cm³/mol. The Kier molecular flexibility index (Phi) is 6.23. The van der Waals surface area contributed by atoms with Crippen molar-refractivity contribution in [2.75, 3.05) is 18.0 Å². The molecule has 0 radical (unpaired) electrons. The summed E-state index contributed by atoms with van der Waals surface area (Å²) in [5, 5.41) is 13.4. The number of non-ortho nitro benzene ring substituents is 1. The molecule has 2 amide bonds. The van der Waals surface area contributed by atoms with Crippen LogP contribution in [0, 0.1) is 16.0 Å². The van der Waals surface area contributed by atoms with Crippen molar-refractivity contribution in [3.63, 3.8) is 0 Å². The minimum atomic E-state index is -0.448. The van der Waals surface area contributed by atoms with Gasteiger partial charge in [0.1, 0.15) is 12.4 Å². The third kappa shape index (κ3) is 4.98. The molecule has 0 spiro atoms. The van der Waals surface area contributed by atoms with E-state index in [0.717, 1.165) is 5.56 Å². The average Bonchev–Trinajstić information content (AvgIpc) is 3.13. The van der Waals surface area contributed by atoms with Crippen molar-refractivity contribution in [1.29, 1.82) is 0 Å². The number of nitrogens with one attached hydrogen (secondary N) is 1. The van der Waals surface area contributed by atoms with Crippen LogP contribution in [0.4, 0.5) is 11.4 Å². The number of benzene rings is 2. The summed E-state index contributed by atoms with van der Waals surface area (Å²) in [7, 11) is 0. The quantitative estimate of drug-likeness (QED) is 0.421. The Hall–Kier alpha value is -3.68. The number of nitrogens with zero attached hydrogens (tertiary/aromatic N) is 2. The second kappa shape index (κ2) is 9.01. The van der Waals surface area contributed by atoms with Crippen LogP contribution in [0.2, 0.25) is 0 Å². The van der Waals surface area contributed by atoms with Crippen molar-refractivity contribution >= 4 is 23.2 Å². The highest BCUT2D eigenvalue weighted by molar-refractivity contribution is 6.00. The van der Waals surface area contributed by atoms with Gasteiger partial charge < -0.3 is 15.0 Å². The van der Waals surface area contributed by atoms with Crippen LogP contribution in [0.25, 0.3) is 0 Å². The summed E-state index contributed by atoms with van der Waals surface area (Å²) >= 11 is 0. The van der Waals surface area contributed by atoms with E-state index in [2.05, 4.69) is 11.9 Å². The van der Waals surface area contributed by atoms with Crippen LogP contribution in [0.3, 0.4) is 0 Å². The standard InChI is InChI=1S/C21H21N3O5/c1-2-11-22-21(26)16-12-20(25)23(13-16)17-7-9-19(10-8-17)29-14-15-3-5-18(6-4-15)24(27)28/h2-10,16H,1,11-14H2,(H,22,26). The summed E-state index contributed by atoms with van der Waals surface area (Å²) in [4.78, 5) is 36.2. The van der Waals surface area contributed by atoms with Gasteiger partial charge in [0.05, 0.1) is 10.8 Å². The van der Waals surface area contributed by atoms with Crippen LogP contribution < -0.4 is 15.0 Å². The van der Waals surface area contributed by atoms with Crippen LogP contribution in [-0.2, 0) is 16.2 Å². The maximum Gasteiger partial charge on any atom is 0.269 e. The third-order valence-corrected chi connectivity index (χ3v) is 4.62. The molecule has 1 heterocycles. The van der Waals surface area contributed by atoms with Gasteiger partial charge in [-0.3, -0.25) is 19.7 Å². The first kappa shape index (κ1) is 20.1. The van der Waals surface area contributed by atoms with Gasteiger partial charge in [-0.15, -0.1) is 6.58 Å². The second-order valence-corrected chi connectivity index (χ2v) is 6.65. The molecule has 1 N–H and O–H groups in total. The van der Waals surface area contributed by atoms with Crippen LogP contribution in [0.1, 0.15) is 12.0 Å². The number of carbonyl (C=O) groups excluding carboxylic acids is 2. The number of ether oxygens (including phenoxy) is 1. The molecule has 0 saturated carbocycles. The van der Waals surface area contributed by atoms with E-state index in [-0.39, 0.29) is 36.4 Å². The first-order valence-corrected chi connectivity index (χ1v) is 9.13. The first-order chi connectivity index (χ1) is 14.0. The van der Waals surface area contributed by atoms with Crippen LogP contribution >= 0.6 is 0 Å². The molecule has 0 aromatic heterocycles. The number of nitro groups is 1. The molecule has 1 saturated heterocycles. The SMILES string of the molecule is C=CCNC(=O)C1CC(=O)N(c2ccc(OCc3ccc([N+](=O)[O-])cc3)cc2)C1. The maximum absolute atomic E-state index is 12.3. The number of nitro benzene ring substituents is 1. The molecular weight excluding hydrogens is 374 g/mol. The number of anilines is 1. The normalized spacial score (nSPS) is 15.8. The minimum Gasteiger partial charge on any atom is -0.489 e. The van der Waals surface area contributed by atoms with Gasteiger partial charge in [-0.05, 0) is 42.0 Å². The Labute approximate surface area is 167 Å². The fraction of sp³-hybridized carbons (Fsp3) is 0.238. The van der Waals surface area contributed by atoms with Crippen molar-refractivity contribution in [2.45, 2.75) is 13.0 Å². The molecule has 0 bridgehead atoms. The molecule has 1 unspecified atom stereocenters. The fourth-order valence-electron chi connectivity index (χ4n) is 3.05. The van der Waals surface area contributed by atoms with Crippen molar-refractivity contribution < 1.29 is 19.2 Å². The summed E-state index contributed by atoms with van der Waals surface area (Å²) in [6, 6.07) is 13.2. The lowest BCUT2D eigenvalue weighted by atomic mass is 10.1. The summed E-state index contributed by atoms with van der Waals surface area (Å²) < 4.78 is 5.69. The van der Waals surface area contributed by atoms with Gasteiger partial charge in [-0.25, -0.2) is 0 Å². The zero-order chi connectivity index (χ0) is 20.8. The third-order valence-electron chi connectivity index (χ3n) is 4.62. The van der Waals surface area contributed by atoms with Crippen molar-refractivity contribution in [2.24, 2.45) is 5.92 Å². The Bertz CT molecular complexity index is 909. The molecule has 29 heavy (non-hydrogen) atoms. The number of carbonyl (C=O) groups is 2. The monoisotopic (exact) mass is 395 g/mol. The van der Waals surface area contributed by atoms with E-state index in [1.54, 1.807) is 47.4 Å². The summed E-state index contributed by atoms with van der Waals surface area (Å²) in [5.41, 5.74) is 1.55. The molecule has 8 nitrogen and oxygen atoms in total. The van der Waals surface area contributed by atoms with Gasteiger partial charge in [0.2, 0.25) is 11.8 Å². The van der Waals surface area contributed by atoms with Crippen LogP contribution in [-0.4, -0.2) is 29.8 Å². The van der Waals surface area contributed by atoms with E-state index in [0.29, 0.717) is 24.5 Å². The smallest absolute Gasteiger partial charge is 0.269 e. The minimum absolute atomic E-state index is 0.0323. The number of hydrogen-bond acceptors (Lipinski definition) is 5. The van der Waals surface area contributed by atoms with Gasteiger partial charge in [-0.1, -0.05) is 6.08 Å². The van der Waals surface area contributed by atoms with Gasteiger partial charge in [0.25, 0.3) is 5.69 Å². The Morgan fingerprint density at radius 2 is 1.93 bits per heavy atom. The molecule has 1 aliphatic rings. The average molecular weight is 395 g/mol. The molecular formula is C21H21N3O5. The summed E-state index contributed by atoms with van der Waals surface area (Å²) in [6.45, 7) is 4.55. The number of amides is 2.